The summed E-state index contributed by atoms with van der Waals surface area (Å²) < 4.78 is 6.85. The molecule has 3 aromatic rings. The van der Waals surface area contributed by atoms with E-state index >= 15 is 0 Å². The number of carbonyl (C=O) groups excluding carboxylic acids is 2. The van der Waals surface area contributed by atoms with Gasteiger partial charge in [0.15, 0.2) is 0 Å². The highest BCUT2D eigenvalue weighted by molar-refractivity contribution is 8.09. The van der Waals surface area contributed by atoms with Crippen molar-refractivity contribution in [3.05, 3.63) is 47.6 Å². The van der Waals surface area contributed by atoms with E-state index in [1.807, 2.05) is 6.08 Å². The average molecular weight is 443 g/mol. The van der Waals surface area contributed by atoms with Crippen LogP contribution in [-0.4, -0.2) is 50.1 Å². The third-order valence-electron chi connectivity index (χ3n) is 5.04. The number of nitrogens with zero attached hydrogens (tertiary/aromatic N) is 5. The number of methoxy groups -OCH3 is 1. The summed E-state index contributed by atoms with van der Waals surface area (Å²) in [4.78, 5) is 36.4. The zero-order valence-corrected chi connectivity index (χ0v) is 17.4. The number of fused-ring (bicyclic) bond motifs is 2. The van der Waals surface area contributed by atoms with Gasteiger partial charge in [-0.1, -0.05) is 11.6 Å². The lowest BCUT2D eigenvalue weighted by Gasteiger charge is -2.33. The van der Waals surface area contributed by atoms with Gasteiger partial charge in [0.25, 0.3) is 5.91 Å². The van der Waals surface area contributed by atoms with Gasteiger partial charge in [-0.3, -0.25) is 14.5 Å². The molecule has 5 heterocycles. The fourth-order valence-corrected chi connectivity index (χ4v) is 5.17. The summed E-state index contributed by atoms with van der Waals surface area (Å²) in [7, 11) is 3.29. The number of hydrogen-bond acceptors (Lipinski definition) is 7. The Hall–Kier alpha value is -3.11. The summed E-state index contributed by atoms with van der Waals surface area (Å²) in [5.74, 6) is 0.221. The maximum absolute atomic E-state index is 13.4. The van der Waals surface area contributed by atoms with E-state index in [4.69, 9.17) is 16.3 Å². The summed E-state index contributed by atoms with van der Waals surface area (Å²) in [6.07, 6.45) is 8.13. The van der Waals surface area contributed by atoms with E-state index in [0.29, 0.717) is 27.7 Å². The summed E-state index contributed by atoms with van der Waals surface area (Å²) in [6.45, 7) is 0. The number of nitrogens with one attached hydrogen (secondary N) is 1. The highest BCUT2D eigenvalue weighted by Crippen LogP contribution is 2.45. The first kappa shape index (κ1) is 18.9. The van der Waals surface area contributed by atoms with Gasteiger partial charge in [-0.25, -0.2) is 14.7 Å². The second kappa shape index (κ2) is 6.99. The number of anilines is 1. The molecule has 30 heavy (non-hydrogen) atoms. The van der Waals surface area contributed by atoms with Crippen LogP contribution in [0.25, 0.3) is 15.8 Å². The lowest BCUT2D eigenvalue weighted by molar-refractivity contribution is -0.118. The third kappa shape index (κ3) is 2.83. The molecular formula is C19H15ClN6O3S. The minimum Gasteiger partial charge on any atom is -0.495 e. The molecule has 0 radical (unpaired) electrons. The maximum atomic E-state index is 13.4. The molecule has 0 aliphatic carbocycles. The highest BCUT2D eigenvalue weighted by atomic mass is 35.5. The van der Waals surface area contributed by atoms with Gasteiger partial charge < -0.3 is 10.1 Å². The molecule has 5 rings (SSSR count). The van der Waals surface area contributed by atoms with Gasteiger partial charge in [-0.05, 0) is 12.1 Å². The number of thioether (sulfide) groups is 1. The minimum atomic E-state index is -0.538. The zero-order chi connectivity index (χ0) is 21.0. The first-order chi connectivity index (χ1) is 14.5. The van der Waals surface area contributed by atoms with E-state index < -0.39 is 17.3 Å². The van der Waals surface area contributed by atoms with Crippen LogP contribution in [0.15, 0.2) is 36.9 Å². The lowest BCUT2D eigenvalue weighted by Crippen LogP contribution is -2.60. The number of urea groups is 1. The van der Waals surface area contributed by atoms with Gasteiger partial charge in [0.1, 0.15) is 16.2 Å². The van der Waals surface area contributed by atoms with Crippen LogP contribution in [-0.2, 0) is 11.8 Å². The Balaban J connectivity index is 1.51. The van der Waals surface area contributed by atoms with Crippen molar-refractivity contribution in [3.63, 3.8) is 0 Å². The molecule has 2 aliphatic rings. The molecule has 1 saturated heterocycles. The Kier molecular flexibility index (Phi) is 4.40. The number of aromatic nitrogens is 4. The van der Waals surface area contributed by atoms with Crippen molar-refractivity contribution in [2.45, 2.75) is 11.3 Å². The van der Waals surface area contributed by atoms with Crippen molar-refractivity contribution in [1.82, 2.24) is 25.1 Å². The number of hydrogen-bond donors (Lipinski definition) is 1. The summed E-state index contributed by atoms with van der Waals surface area (Å²) in [6, 6.07) is 0.794. The van der Waals surface area contributed by atoms with Crippen LogP contribution in [0, 0.1) is 0 Å². The predicted molar refractivity (Wildman–Crippen MR) is 113 cm³/mol. The largest absolute Gasteiger partial charge is 0.495 e. The van der Waals surface area contributed by atoms with E-state index in [1.54, 1.807) is 37.3 Å². The van der Waals surface area contributed by atoms with Crippen molar-refractivity contribution in [3.8, 4) is 5.75 Å². The lowest BCUT2D eigenvalue weighted by atomic mass is 10.1. The Morgan fingerprint density at radius 1 is 1.23 bits per heavy atom. The van der Waals surface area contributed by atoms with Gasteiger partial charge in [-0.15, -0.1) is 11.8 Å². The number of rotatable bonds is 3. The normalized spacial score (nSPS) is 20.9. The molecule has 0 aromatic carbocycles. The number of pyridine rings is 2. The van der Waals surface area contributed by atoms with Crippen LogP contribution in [0.2, 0.25) is 5.15 Å². The molecule has 0 saturated carbocycles. The topological polar surface area (TPSA) is 102 Å². The van der Waals surface area contributed by atoms with Gasteiger partial charge in [0.05, 0.1) is 42.9 Å². The summed E-state index contributed by atoms with van der Waals surface area (Å²) in [5.41, 5.74) is 1.70. The molecule has 0 bridgehead atoms. The molecule has 3 aromatic heterocycles. The standard InChI is InChI=1S/C19H15ClN6O3S/c1-25-15-9(6-23-25)5-21-8-13(15)26-18(27)16-12(24-19(26)28)4-14(30-16)11-3-10(29-2)7-22-17(11)20/h3-8,12,16H,1-2H3,(H,24,28). The number of imide groups is 1. The molecule has 2 unspecified atom stereocenters. The molecule has 2 atom stereocenters. The smallest absolute Gasteiger partial charge is 0.329 e. The molecule has 2 aliphatic heterocycles. The van der Waals surface area contributed by atoms with Gasteiger partial charge in [0, 0.05) is 29.1 Å². The fraction of sp³-hybridized carbons (Fsp3) is 0.211. The van der Waals surface area contributed by atoms with Crippen LogP contribution >= 0.6 is 23.4 Å². The van der Waals surface area contributed by atoms with E-state index in [1.165, 1.54) is 24.2 Å². The number of halogens is 1. The highest BCUT2D eigenvalue weighted by Gasteiger charge is 2.46. The minimum absolute atomic E-state index is 0.299. The third-order valence-corrected chi connectivity index (χ3v) is 6.70. The molecule has 11 heteroatoms. The number of ether oxygens (including phenoxy) is 1. The second-order valence-electron chi connectivity index (χ2n) is 6.80. The Labute approximate surface area is 180 Å². The van der Waals surface area contributed by atoms with Gasteiger partial charge in [0.2, 0.25) is 0 Å². The van der Waals surface area contributed by atoms with E-state index in [2.05, 4.69) is 20.4 Å². The molecule has 1 fully saturated rings. The van der Waals surface area contributed by atoms with E-state index in [-0.39, 0.29) is 5.91 Å². The van der Waals surface area contributed by atoms with Crippen LogP contribution in [0.1, 0.15) is 5.56 Å². The van der Waals surface area contributed by atoms with Crippen LogP contribution in [0.5, 0.6) is 5.75 Å². The molecule has 1 N–H and O–H groups in total. The SMILES string of the molecule is COc1cnc(Cl)c(C2=CC3NC(=O)N(c4cncc5cnn(C)c45)C(=O)C3S2)c1. The van der Waals surface area contributed by atoms with E-state index in [9.17, 15) is 9.59 Å². The van der Waals surface area contributed by atoms with Crippen molar-refractivity contribution < 1.29 is 14.3 Å². The van der Waals surface area contributed by atoms with Crippen molar-refractivity contribution in [2.24, 2.45) is 7.05 Å². The predicted octanol–water partition coefficient (Wildman–Crippen LogP) is 2.61. The van der Waals surface area contributed by atoms with Gasteiger partial charge >= 0.3 is 6.03 Å². The van der Waals surface area contributed by atoms with Crippen LogP contribution in [0.3, 0.4) is 0 Å². The first-order valence-corrected chi connectivity index (χ1v) is 10.2. The Morgan fingerprint density at radius 3 is 2.87 bits per heavy atom. The average Bonchev–Trinajstić information content (AvgIpc) is 3.33. The fourth-order valence-electron chi connectivity index (χ4n) is 3.63. The molecule has 3 amide bonds. The van der Waals surface area contributed by atoms with Crippen LogP contribution < -0.4 is 15.0 Å². The van der Waals surface area contributed by atoms with E-state index in [0.717, 1.165) is 15.2 Å². The molecule has 9 nitrogen and oxygen atoms in total. The second-order valence-corrected chi connectivity index (χ2v) is 8.34. The number of amides is 3. The Morgan fingerprint density at radius 2 is 2.07 bits per heavy atom. The summed E-state index contributed by atoms with van der Waals surface area (Å²) in [5, 5.41) is 7.60. The summed E-state index contributed by atoms with van der Waals surface area (Å²) >= 11 is 7.60. The van der Waals surface area contributed by atoms with Crippen molar-refractivity contribution in [2.75, 3.05) is 12.0 Å². The van der Waals surface area contributed by atoms with Crippen molar-refractivity contribution in [1.29, 1.82) is 0 Å². The van der Waals surface area contributed by atoms with Gasteiger partial charge in [-0.2, -0.15) is 5.10 Å². The maximum Gasteiger partial charge on any atom is 0.329 e. The quantitative estimate of drug-likeness (QED) is 0.622. The Bertz CT molecular complexity index is 1240. The van der Waals surface area contributed by atoms with Crippen LogP contribution in [0.4, 0.5) is 10.5 Å². The molecule has 152 valence electrons. The number of aryl methyl sites for hydroxylation is 1. The van der Waals surface area contributed by atoms with Crippen molar-refractivity contribution >= 4 is 56.8 Å². The first-order valence-electron chi connectivity index (χ1n) is 8.96. The zero-order valence-electron chi connectivity index (χ0n) is 15.9. The monoisotopic (exact) mass is 442 g/mol. The molecular weight excluding hydrogens is 428 g/mol. The molecule has 0 spiro atoms. The number of carbonyl (C=O) groups is 2.